The molecule has 0 radical (unpaired) electrons. The number of nitrogens with two attached hydrogens (primary N) is 1. The lowest BCUT2D eigenvalue weighted by molar-refractivity contribution is 0.0430. The molecule has 0 aliphatic carbocycles. The highest BCUT2D eigenvalue weighted by Crippen LogP contribution is 2.30. The van der Waals surface area contributed by atoms with Crippen molar-refractivity contribution < 1.29 is 4.74 Å². The Morgan fingerprint density at radius 3 is 2.79 bits per heavy atom. The van der Waals surface area contributed by atoms with E-state index in [0.29, 0.717) is 6.54 Å². The molecule has 1 fully saturated rings. The molecule has 2 N–H and O–H groups in total. The maximum absolute atomic E-state index is 5.74. The van der Waals surface area contributed by atoms with E-state index in [1.165, 1.54) is 0 Å². The molecule has 5 heteroatoms. The summed E-state index contributed by atoms with van der Waals surface area (Å²) in [6.45, 7) is 2.53. The van der Waals surface area contributed by atoms with Gasteiger partial charge in [0.2, 0.25) is 0 Å². The molecule has 0 amide bonds. The van der Waals surface area contributed by atoms with Crippen LogP contribution in [0.5, 0.6) is 0 Å². The molecule has 14 heavy (non-hydrogen) atoms. The Labute approximate surface area is 83.3 Å². The molecular formula is C9H16N4O. The number of hydrogen-bond donors (Lipinski definition) is 1. The first kappa shape index (κ1) is 9.61. The van der Waals surface area contributed by atoms with E-state index in [4.69, 9.17) is 10.5 Å². The summed E-state index contributed by atoms with van der Waals surface area (Å²) in [6, 6.07) is 0. The quantitative estimate of drug-likeness (QED) is 0.739. The zero-order chi connectivity index (χ0) is 10.1. The topological polar surface area (TPSA) is 66.0 Å². The van der Waals surface area contributed by atoms with Crippen molar-refractivity contribution in [2.45, 2.75) is 32.0 Å². The molecule has 0 spiro atoms. The lowest BCUT2D eigenvalue weighted by atomic mass is 10.2. The maximum Gasteiger partial charge on any atom is 0.161 e. The van der Waals surface area contributed by atoms with E-state index in [9.17, 15) is 0 Å². The second kappa shape index (κ2) is 3.67. The van der Waals surface area contributed by atoms with Gasteiger partial charge in [-0.1, -0.05) is 0 Å². The monoisotopic (exact) mass is 196 g/mol. The number of ether oxygens (including phenoxy) is 1. The Morgan fingerprint density at radius 2 is 2.29 bits per heavy atom. The predicted molar refractivity (Wildman–Crippen MR) is 51.6 cm³/mol. The van der Waals surface area contributed by atoms with Crippen molar-refractivity contribution in [3.8, 4) is 0 Å². The van der Waals surface area contributed by atoms with Gasteiger partial charge in [0, 0.05) is 13.6 Å². The van der Waals surface area contributed by atoms with Crippen molar-refractivity contribution in [3.63, 3.8) is 0 Å². The minimum absolute atomic E-state index is 0.0785. The second-order valence-electron chi connectivity index (χ2n) is 3.72. The van der Waals surface area contributed by atoms with Crippen LogP contribution in [0, 0.1) is 6.92 Å². The third-order valence-electron chi connectivity index (χ3n) is 2.78. The van der Waals surface area contributed by atoms with E-state index in [-0.39, 0.29) is 12.2 Å². The van der Waals surface area contributed by atoms with E-state index in [2.05, 4.69) is 10.2 Å². The fraction of sp³-hybridized carbons (Fsp3) is 0.778. The van der Waals surface area contributed by atoms with Gasteiger partial charge < -0.3 is 15.0 Å². The molecule has 1 aromatic heterocycles. The third-order valence-corrected chi connectivity index (χ3v) is 2.78. The number of aryl methyl sites for hydroxylation is 1. The second-order valence-corrected chi connectivity index (χ2v) is 3.72. The first-order valence-electron chi connectivity index (χ1n) is 4.93. The zero-order valence-electron chi connectivity index (χ0n) is 8.60. The molecule has 1 aliphatic rings. The molecule has 0 aromatic carbocycles. The van der Waals surface area contributed by atoms with Crippen LogP contribution >= 0.6 is 0 Å². The average molecular weight is 196 g/mol. The Hall–Kier alpha value is -0.940. The van der Waals surface area contributed by atoms with Gasteiger partial charge in [-0.25, -0.2) is 0 Å². The van der Waals surface area contributed by atoms with E-state index in [1.54, 1.807) is 0 Å². The van der Waals surface area contributed by atoms with Crippen LogP contribution in [0.15, 0.2) is 0 Å². The van der Waals surface area contributed by atoms with Crippen LogP contribution in [0.4, 0.5) is 0 Å². The van der Waals surface area contributed by atoms with Crippen molar-refractivity contribution in [2.24, 2.45) is 12.8 Å². The van der Waals surface area contributed by atoms with Crippen LogP contribution in [0.3, 0.4) is 0 Å². The normalized spacial score (nSPS) is 27.1. The lowest BCUT2D eigenvalue weighted by Crippen LogP contribution is -2.19. The zero-order valence-corrected chi connectivity index (χ0v) is 8.60. The lowest BCUT2D eigenvalue weighted by Gasteiger charge is -2.11. The first-order valence-corrected chi connectivity index (χ1v) is 4.93. The third kappa shape index (κ3) is 1.53. The highest BCUT2D eigenvalue weighted by Gasteiger charge is 2.28. The molecule has 1 saturated heterocycles. The average Bonchev–Trinajstić information content (AvgIpc) is 2.75. The smallest absolute Gasteiger partial charge is 0.161 e. The number of nitrogens with zero attached hydrogens (tertiary/aromatic N) is 3. The molecule has 78 valence electrons. The minimum Gasteiger partial charge on any atom is -0.366 e. The molecule has 1 aliphatic heterocycles. The summed E-state index contributed by atoms with van der Waals surface area (Å²) in [7, 11) is 1.96. The van der Waals surface area contributed by atoms with E-state index in [1.807, 2.05) is 18.5 Å². The highest BCUT2D eigenvalue weighted by atomic mass is 16.5. The fourth-order valence-electron chi connectivity index (χ4n) is 1.77. The van der Waals surface area contributed by atoms with Gasteiger partial charge in [0.25, 0.3) is 0 Å². The molecule has 1 aromatic rings. The summed E-state index contributed by atoms with van der Waals surface area (Å²) in [5, 5.41) is 8.13. The molecule has 2 unspecified atom stereocenters. The van der Waals surface area contributed by atoms with Crippen molar-refractivity contribution in [3.05, 3.63) is 11.6 Å². The van der Waals surface area contributed by atoms with Crippen molar-refractivity contribution in [2.75, 3.05) is 6.54 Å². The van der Waals surface area contributed by atoms with Gasteiger partial charge in [-0.05, 0) is 19.8 Å². The molecular weight excluding hydrogens is 180 g/mol. The fourth-order valence-corrected chi connectivity index (χ4v) is 1.77. The summed E-state index contributed by atoms with van der Waals surface area (Å²) in [5.74, 6) is 1.83. The van der Waals surface area contributed by atoms with Gasteiger partial charge in [0.05, 0.1) is 6.10 Å². The Bertz CT molecular complexity index is 323. The van der Waals surface area contributed by atoms with Crippen molar-refractivity contribution in [1.82, 2.24) is 14.8 Å². The van der Waals surface area contributed by atoms with Crippen molar-refractivity contribution in [1.29, 1.82) is 0 Å². The summed E-state index contributed by atoms with van der Waals surface area (Å²) in [6.07, 6.45) is 2.28. The molecule has 0 bridgehead atoms. The van der Waals surface area contributed by atoms with Crippen LogP contribution in [0.2, 0.25) is 0 Å². The molecule has 5 nitrogen and oxygen atoms in total. The number of hydrogen-bond acceptors (Lipinski definition) is 4. The van der Waals surface area contributed by atoms with E-state index >= 15 is 0 Å². The predicted octanol–water partition coefficient (Wildman–Crippen LogP) is 0.302. The van der Waals surface area contributed by atoms with Crippen LogP contribution in [0.1, 0.15) is 30.6 Å². The first-order chi connectivity index (χ1) is 6.72. The van der Waals surface area contributed by atoms with Gasteiger partial charge in [-0.15, -0.1) is 10.2 Å². The van der Waals surface area contributed by atoms with Crippen LogP contribution < -0.4 is 5.73 Å². The van der Waals surface area contributed by atoms with Crippen LogP contribution in [-0.4, -0.2) is 27.4 Å². The van der Waals surface area contributed by atoms with E-state index < -0.39 is 0 Å². The molecule has 2 heterocycles. The molecule has 2 atom stereocenters. The van der Waals surface area contributed by atoms with Crippen molar-refractivity contribution >= 4 is 0 Å². The summed E-state index contributed by atoms with van der Waals surface area (Å²) in [5.41, 5.74) is 5.55. The van der Waals surface area contributed by atoms with Gasteiger partial charge >= 0.3 is 0 Å². The maximum atomic E-state index is 5.74. The van der Waals surface area contributed by atoms with Crippen LogP contribution in [0.25, 0.3) is 0 Å². The Balaban J connectivity index is 2.13. The summed E-state index contributed by atoms with van der Waals surface area (Å²) in [4.78, 5) is 0. The number of aromatic nitrogens is 3. The molecule has 0 saturated carbocycles. The largest absolute Gasteiger partial charge is 0.366 e. The summed E-state index contributed by atoms with van der Waals surface area (Å²) < 4.78 is 7.72. The van der Waals surface area contributed by atoms with Gasteiger partial charge in [-0.3, -0.25) is 0 Å². The van der Waals surface area contributed by atoms with E-state index in [0.717, 1.165) is 24.5 Å². The number of rotatable bonds is 2. The van der Waals surface area contributed by atoms with Crippen LogP contribution in [-0.2, 0) is 11.8 Å². The minimum atomic E-state index is 0.0785. The Kier molecular flexibility index (Phi) is 2.52. The highest BCUT2D eigenvalue weighted by molar-refractivity contribution is 4.99. The SMILES string of the molecule is Cc1nnc(C2CCC(CN)O2)n1C. The summed E-state index contributed by atoms with van der Waals surface area (Å²) >= 11 is 0. The Morgan fingerprint density at radius 1 is 1.50 bits per heavy atom. The molecule has 2 rings (SSSR count). The van der Waals surface area contributed by atoms with Gasteiger partial charge in [-0.2, -0.15) is 0 Å². The van der Waals surface area contributed by atoms with Gasteiger partial charge in [0.1, 0.15) is 11.9 Å². The standard InChI is InChI=1S/C9H16N4O/c1-6-11-12-9(13(6)2)8-4-3-7(5-10)14-8/h7-8H,3-5,10H2,1-2H3. The van der Waals surface area contributed by atoms with Gasteiger partial charge in [0.15, 0.2) is 5.82 Å².